The minimum atomic E-state index is -1.77. The van der Waals surface area contributed by atoms with Crippen molar-refractivity contribution < 1.29 is 9.90 Å². The van der Waals surface area contributed by atoms with Gasteiger partial charge in [0.2, 0.25) is 0 Å². The van der Waals surface area contributed by atoms with E-state index in [1.54, 1.807) is 0 Å². The zero-order valence-electron chi connectivity index (χ0n) is 16.9. The molecule has 1 fully saturated rings. The second-order valence-corrected chi connectivity index (χ2v) is 14.5. The Balaban J connectivity index is 3.09. The molecule has 0 aromatic carbocycles. The topological polar surface area (TPSA) is 37.3 Å². The highest BCUT2D eigenvalue weighted by Crippen LogP contribution is 2.43. The molecule has 0 radical (unpaired) electrons. The molecule has 2 nitrogen and oxygen atoms in total. The lowest BCUT2D eigenvalue weighted by Crippen LogP contribution is -2.43. The second kappa shape index (κ2) is 8.56. The average molecular weight is 351 g/mol. The lowest BCUT2D eigenvalue weighted by Gasteiger charge is -2.38. The fraction of sp³-hybridized carbons (Fsp3) is 0.857. The molecular formula is C21H38O2Si. The number of carboxylic acids is 1. The first-order valence-electron chi connectivity index (χ1n) is 9.82. The summed E-state index contributed by atoms with van der Waals surface area (Å²) in [6.07, 6.45) is 6.19. The van der Waals surface area contributed by atoms with E-state index < -0.39 is 19.5 Å². The molecule has 138 valence electrons. The van der Waals surface area contributed by atoms with Crippen LogP contribution in [0.4, 0.5) is 0 Å². The van der Waals surface area contributed by atoms with Crippen molar-refractivity contribution in [1.29, 1.82) is 0 Å². The van der Waals surface area contributed by atoms with E-state index in [4.69, 9.17) is 0 Å². The normalized spacial score (nSPS) is 19.2. The predicted molar refractivity (Wildman–Crippen MR) is 106 cm³/mol. The first kappa shape index (κ1) is 21.3. The van der Waals surface area contributed by atoms with Crippen molar-refractivity contribution in [3.05, 3.63) is 0 Å². The van der Waals surface area contributed by atoms with Crippen molar-refractivity contribution in [1.82, 2.24) is 0 Å². The first-order chi connectivity index (χ1) is 11.1. The summed E-state index contributed by atoms with van der Waals surface area (Å²) in [5.74, 6) is 3.05. The molecule has 3 heteroatoms. The highest BCUT2D eigenvalue weighted by atomic mass is 28.3. The van der Waals surface area contributed by atoms with Gasteiger partial charge in [0.25, 0.3) is 0 Å². The first-order valence-corrected chi connectivity index (χ1v) is 12.1. The number of hydrogen-bond acceptors (Lipinski definition) is 1. The van der Waals surface area contributed by atoms with E-state index in [0.717, 1.165) is 12.8 Å². The Hall–Kier alpha value is -0.753. The van der Waals surface area contributed by atoms with E-state index in [0.29, 0.717) is 23.0 Å². The lowest BCUT2D eigenvalue weighted by atomic mass is 9.68. The highest BCUT2D eigenvalue weighted by molar-refractivity contribution is 6.90. The van der Waals surface area contributed by atoms with E-state index in [1.807, 2.05) is 6.92 Å². The molecule has 1 aliphatic rings. The van der Waals surface area contributed by atoms with Crippen molar-refractivity contribution in [3.8, 4) is 11.5 Å². The molecular weight excluding hydrogens is 312 g/mol. The van der Waals surface area contributed by atoms with E-state index in [-0.39, 0.29) is 5.92 Å². The predicted octanol–water partition coefficient (Wildman–Crippen LogP) is 6.27. The summed E-state index contributed by atoms with van der Waals surface area (Å²) in [5, 5.41) is 9.89. The van der Waals surface area contributed by atoms with E-state index >= 15 is 0 Å². The molecule has 0 saturated heterocycles. The molecule has 1 saturated carbocycles. The summed E-state index contributed by atoms with van der Waals surface area (Å²) in [6, 6.07) is 0. The summed E-state index contributed by atoms with van der Waals surface area (Å²) in [6.45, 7) is 15.8. The molecule has 1 atom stereocenters. The molecule has 1 aliphatic carbocycles. The Morgan fingerprint density at radius 3 is 1.88 bits per heavy atom. The van der Waals surface area contributed by atoms with Crippen LogP contribution in [0.3, 0.4) is 0 Å². The number of rotatable bonds is 6. The third-order valence-corrected chi connectivity index (χ3v) is 13.0. The summed E-state index contributed by atoms with van der Waals surface area (Å²) < 4.78 is 0. The van der Waals surface area contributed by atoms with Gasteiger partial charge in [0.1, 0.15) is 8.07 Å². The van der Waals surface area contributed by atoms with Gasteiger partial charge in [-0.25, -0.2) is 0 Å². The van der Waals surface area contributed by atoms with E-state index in [1.165, 1.54) is 19.3 Å². The molecule has 1 rings (SSSR count). The maximum atomic E-state index is 12.0. The van der Waals surface area contributed by atoms with Crippen LogP contribution in [0.1, 0.15) is 87.0 Å². The Labute approximate surface area is 150 Å². The van der Waals surface area contributed by atoms with Gasteiger partial charge in [-0.2, -0.15) is 0 Å². The van der Waals surface area contributed by atoms with E-state index in [2.05, 4.69) is 53.0 Å². The monoisotopic (exact) mass is 350 g/mol. The Bertz CT molecular complexity index is 456. The van der Waals surface area contributed by atoms with Gasteiger partial charge < -0.3 is 5.11 Å². The van der Waals surface area contributed by atoms with Crippen molar-refractivity contribution in [2.45, 2.75) is 104 Å². The van der Waals surface area contributed by atoms with Crippen LogP contribution in [0.2, 0.25) is 16.6 Å². The third-order valence-electron chi connectivity index (χ3n) is 6.62. The van der Waals surface area contributed by atoms with Gasteiger partial charge in [-0.15, -0.1) is 11.5 Å². The van der Waals surface area contributed by atoms with Gasteiger partial charge in [-0.1, -0.05) is 60.8 Å². The van der Waals surface area contributed by atoms with Gasteiger partial charge in [-0.3, -0.25) is 4.79 Å². The smallest absolute Gasteiger partial charge is 0.310 e. The Morgan fingerprint density at radius 1 is 1.04 bits per heavy atom. The minimum absolute atomic E-state index is 0.284. The van der Waals surface area contributed by atoms with Crippen LogP contribution in [0.25, 0.3) is 0 Å². The third kappa shape index (κ3) is 4.25. The van der Waals surface area contributed by atoms with Gasteiger partial charge in [0, 0.05) is 6.42 Å². The average Bonchev–Trinajstić information content (AvgIpc) is 2.50. The molecule has 0 bridgehead atoms. The number of carboxylic acid groups (broad SMARTS) is 1. The van der Waals surface area contributed by atoms with Gasteiger partial charge >= 0.3 is 5.97 Å². The van der Waals surface area contributed by atoms with Crippen LogP contribution in [-0.4, -0.2) is 19.1 Å². The van der Waals surface area contributed by atoms with E-state index in [9.17, 15) is 9.90 Å². The van der Waals surface area contributed by atoms with Crippen molar-refractivity contribution >= 4 is 14.0 Å². The molecule has 0 aliphatic heterocycles. The zero-order chi connectivity index (χ0) is 18.5. The van der Waals surface area contributed by atoms with Gasteiger partial charge in [0.05, 0.1) is 5.41 Å². The molecule has 0 spiro atoms. The van der Waals surface area contributed by atoms with Crippen LogP contribution < -0.4 is 0 Å². The maximum absolute atomic E-state index is 12.0. The fourth-order valence-corrected chi connectivity index (χ4v) is 10.2. The molecule has 0 amide bonds. The molecule has 0 aromatic rings. The molecule has 0 heterocycles. The standard InChI is InChI=1S/C21H38O2Si/c1-16(2)24(17(3)4,18(5)6)15-11-14-21(7,20(22)23)19-12-9-8-10-13-19/h16-19H,8-10,12-14H2,1-7H3,(H,22,23). The van der Waals surface area contributed by atoms with Crippen LogP contribution in [0, 0.1) is 22.8 Å². The Morgan fingerprint density at radius 2 is 1.50 bits per heavy atom. The van der Waals surface area contributed by atoms with Crippen molar-refractivity contribution in [2.75, 3.05) is 0 Å². The largest absolute Gasteiger partial charge is 0.481 e. The second-order valence-electron chi connectivity index (χ2n) is 8.93. The molecule has 24 heavy (non-hydrogen) atoms. The number of carbonyl (C=O) groups is 1. The lowest BCUT2D eigenvalue weighted by molar-refractivity contribution is -0.151. The summed E-state index contributed by atoms with van der Waals surface area (Å²) in [7, 11) is -1.77. The minimum Gasteiger partial charge on any atom is -0.481 e. The van der Waals surface area contributed by atoms with Crippen molar-refractivity contribution in [3.63, 3.8) is 0 Å². The van der Waals surface area contributed by atoms with Gasteiger partial charge in [0.15, 0.2) is 0 Å². The molecule has 1 N–H and O–H groups in total. The number of hydrogen-bond donors (Lipinski definition) is 1. The summed E-state index contributed by atoms with van der Waals surface area (Å²) in [4.78, 5) is 12.0. The molecule has 1 unspecified atom stereocenters. The van der Waals surface area contributed by atoms with Crippen molar-refractivity contribution in [2.24, 2.45) is 11.3 Å². The van der Waals surface area contributed by atoms with Crippen LogP contribution >= 0.6 is 0 Å². The van der Waals surface area contributed by atoms with Crippen LogP contribution in [0.5, 0.6) is 0 Å². The fourth-order valence-electron chi connectivity index (χ4n) is 4.95. The van der Waals surface area contributed by atoms with Crippen LogP contribution in [-0.2, 0) is 4.79 Å². The van der Waals surface area contributed by atoms with Crippen LogP contribution in [0.15, 0.2) is 0 Å². The van der Waals surface area contributed by atoms with Gasteiger partial charge in [-0.05, 0) is 42.3 Å². The summed E-state index contributed by atoms with van der Waals surface area (Å²) in [5.41, 5.74) is 4.80. The number of aliphatic carboxylic acids is 1. The summed E-state index contributed by atoms with van der Waals surface area (Å²) >= 11 is 0. The zero-order valence-corrected chi connectivity index (χ0v) is 17.9. The maximum Gasteiger partial charge on any atom is 0.310 e. The highest BCUT2D eigenvalue weighted by Gasteiger charge is 2.43. The Kier molecular flexibility index (Phi) is 7.60. The quantitative estimate of drug-likeness (QED) is 0.453. The SMILES string of the molecule is CC(C)[Si](C#CCC(C)(C(=O)O)C1CCCCC1)(C(C)C)C(C)C. The molecule has 0 aromatic heterocycles.